The average Bonchev–Trinajstić information content (AvgIpc) is 2.37. The van der Waals surface area contributed by atoms with Crippen molar-refractivity contribution in [1.82, 2.24) is 10.3 Å². The molecule has 6 heteroatoms. The Balaban J connectivity index is 2.31. The first-order chi connectivity index (χ1) is 9.29. The molecule has 0 saturated carbocycles. The Morgan fingerprint density at radius 3 is 2.60 bits per heavy atom. The van der Waals surface area contributed by atoms with Crippen LogP contribution in [0.15, 0.2) is 30.3 Å². The molecule has 1 aromatic heterocycles. The van der Waals surface area contributed by atoms with Crippen LogP contribution in [0.25, 0.3) is 10.9 Å². The van der Waals surface area contributed by atoms with Gasteiger partial charge >= 0.3 is 0 Å². The van der Waals surface area contributed by atoms with Crippen LogP contribution in [0.3, 0.4) is 0 Å². The molecule has 5 nitrogen and oxygen atoms in total. The van der Waals surface area contributed by atoms with Crippen molar-refractivity contribution >= 4 is 22.7 Å². The Kier molecular flexibility index (Phi) is 3.40. The van der Waals surface area contributed by atoms with E-state index in [1.807, 2.05) is 0 Å². The Bertz CT molecular complexity index is 698. The van der Waals surface area contributed by atoms with Crippen LogP contribution in [0.4, 0.5) is 4.39 Å². The van der Waals surface area contributed by atoms with Gasteiger partial charge in [-0.25, -0.2) is 9.37 Å². The lowest BCUT2D eigenvalue weighted by Crippen LogP contribution is -2.53. The molecular weight excluding hydrogens is 261 g/mol. The molecule has 0 bridgehead atoms. The molecule has 2 aromatic rings. The zero-order valence-electron chi connectivity index (χ0n) is 11.1. The number of fused-ring (bicyclic) bond motifs is 1. The van der Waals surface area contributed by atoms with E-state index in [0.717, 1.165) is 0 Å². The number of nitrogens with one attached hydrogen (secondary N) is 1. The normalized spacial score (nSPS) is 11.3. The zero-order chi connectivity index (χ0) is 14.9. The van der Waals surface area contributed by atoms with Gasteiger partial charge in [-0.3, -0.25) is 9.59 Å². The van der Waals surface area contributed by atoms with E-state index in [9.17, 15) is 14.0 Å². The molecule has 0 spiro atoms. The van der Waals surface area contributed by atoms with Gasteiger partial charge in [0, 0.05) is 5.39 Å². The highest BCUT2D eigenvalue weighted by atomic mass is 19.1. The highest BCUT2D eigenvalue weighted by molar-refractivity contribution is 5.98. The number of amides is 2. The lowest BCUT2D eigenvalue weighted by atomic mass is 10.0. The van der Waals surface area contributed by atoms with Crippen molar-refractivity contribution in [2.45, 2.75) is 19.4 Å². The number of nitrogens with zero attached hydrogens (tertiary/aromatic N) is 1. The molecule has 0 fully saturated rings. The Hall–Kier alpha value is -2.50. The number of nitrogens with two attached hydrogens (primary N) is 1. The predicted octanol–water partition coefficient (Wildman–Crippen LogP) is 1.37. The smallest absolute Gasteiger partial charge is 0.270 e. The van der Waals surface area contributed by atoms with E-state index in [4.69, 9.17) is 5.73 Å². The van der Waals surface area contributed by atoms with Crippen LogP contribution < -0.4 is 11.1 Å². The number of hydrogen-bond donors (Lipinski definition) is 2. The summed E-state index contributed by atoms with van der Waals surface area (Å²) in [5.74, 6) is -1.53. The van der Waals surface area contributed by atoms with Crippen LogP contribution in [0.5, 0.6) is 0 Å². The summed E-state index contributed by atoms with van der Waals surface area (Å²) in [5, 5.41) is 3.09. The first kappa shape index (κ1) is 13.9. The standard InChI is InChI=1S/C14H14FN3O2/c1-14(2,13(16)20)18-12(19)11-5-3-8-7-9(15)4-6-10(8)17-11/h3-7H,1-2H3,(H2,16,20)(H,18,19). The maximum atomic E-state index is 13.0. The zero-order valence-corrected chi connectivity index (χ0v) is 11.1. The molecule has 2 amide bonds. The van der Waals surface area contributed by atoms with Gasteiger partial charge in [-0.05, 0) is 38.1 Å². The summed E-state index contributed by atoms with van der Waals surface area (Å²) in [6.07, 6.45) is 0. The SMILES string of the molecule is CC(C)(NC(=O)c1ccc2cc(F)ccc2n1)C(N)=O. The molecule has 0 unspecified atom stereocenters. The second kappa shape index (κ2) is 4.88. The maximum Gasteiger partial charge on any atom is 0.270 e. The quantitative estimate of drug-likeness (QED) is 0.887. The number of halogens is 1. The predicted molar refractivity (Wildman–Crippen MR) is 72.4 cm³/mol. The van der Waals surface area contributed by atoms with Crippen molar-refractivity contribution in [3.8, 4) is 0 Å². The highest BCUT2D eigenvalue weighted by Gasteiger charge is 2.27. The van der Waals surface area contributed by atoms with E-state index in [2.05, 4.69) is 10.3 Å². The lowest BCUT2D eigenvalue weighted by molar-refractivity contribution is -0.122. The number of rotatable bonds is 3. The summed E-state index contributed by atoms with van der Waals surface area (Å²) in [7, 11) is 0. The highest BCUT2D eigenvalue weighted by Crippen LogP contribution is 2.14. The van der Waals surface area contributed by atoms with Gasteiger partial charge in [0.15, 0.2) is 0 Å². The van der Waals surface area contributed by atoms with Crippen molar-refractivity contribution in [2.75, 3.05) is 0 Å². The molecular formula is C14H14FN3O2. The molecule has 0 radical (unpaired) electrons. The van der Waals surface area contributed by atoms with Gasteiger partial charge < -0.3 is 11.1 Å². The van der Waals surface area contributed by atoms with E-state index in [0.29, 0.717) is 10.9 Å². The minimum Gasteiger partial charge on any atom is -0.368 e. The van der Waals surface area contributed by atoms with Crippen molar-refractivity contribution in [3.63, 3.8) is 0 Å². The molecule has 0 aliphatic rings. The minimum atomic E-state index is -1.17. The summed E-state index contributed by atoms with van der Waals surface area (Å²) >= 11 is 0. The summed E-state index contributed by atoms with van der Waals surface area (Å²) < 4.78 is 13.0. The van der Waals surface area contributed by atoms with Crippen molar-refractivity contribution < 1.29 is 14.0 Å². The Morgan fingerprint density at radius 1 is 1.25 bits per heavy atom. The second-order valence-corrected chi connectivity index (χ2v) is 4.98. The van der Waals surface area contributed by atoms with Crippen LogP contribution in [-0.4, -0.2) is 22.3 Å². The topological polar surface area (TPSA) is 85.1 Å². The van der Waals surface area contributed by atoms with E-state index in [1.165, 1.54) is 38.1 Å². The molecule has 1 aromatic carbocycles. The molecule has 0 aliphatic heterocycles. The molecule has 104 valence electrons. The minimum absolute atomic E-state index is 0.137. The van der Waals surface area contributed by atoms with Gasteiger partial charge in [0.2, 0.25) is 5.91 Å². The lowest BCUT2D eigenvalue weighted by Gasteiger charge is -2.21. The number of pyridine rings is 1. The van der Waals surface area contributed by atoms with Gasteiger partial charge in [0.1, 0.15) is 17.1 Å². The molecule has 0 aliphatic carbocycles. The second-order valence-electron chi connectivity index (χ2n) is 4.98. The number of carbonyl (C=O) groups excluding carboxylic acids is 2. The van der Waals surface area contributed by atoms with Crippen molar-refractivity contribution in [3.05, 3.63) is 41.8 Å². The Morgan fingerprint density at radius 2 is 1.95 bits per heavy atom. The van der Waals surface area contributed by atoms with Crippen molar-refractivity contribution in [2.24, 2.45) is 5.73 Å². The fraction of sp³-hybridized carbons (Fsp3) is 0.214. The van der Waals surface area contributed by atoms with E-state index in [1.54, 1.807) is 6.07 Å². The number of primary amides is 1. The largest absolute Gasteiger partial charge is 0.368 e. The van der Waals surface area contributed by atoms with Crippen molar-refractivity contribution in [1.29, 1.82) is 0 Å². The summed E-state index contributed by atoms with van der Waals surface area (Å²) in [6.45, 7) is 3.01. The molecule has 0 saturated heterocycles. The number of carbonyl (C=O) groups is 2. The van der Waals surface area contributed by atoms with E-state index >= 15 is 0 Å². The summed E-state index contributed by atoms with van der Waals surface area (Å²) in [6, 6.07) is 7.15. The van der Waals surface area contributed by atoms with Crippen LogP contribution >= 0.6 is 0 Å². The third kappa shape index (κ3) is 2.74. The third-order valence-corrected chi connectivity index (χ3v) is 2.93. The average molecular weight is 275 g/mol. The summed E-state index contributed by atoms with van der Waals surface area (Å²) in [5.41, 5.74) is 4.65. The molecule has 0 atom stereocenters. The third-order valence-electron chi connectivity index (χ3n) is 2.93. The van der Waals surface area contributed by atoms with E-state index in [-0.39, 0.29) is 11.5 Å². The van der Waals surface area contributed by atoms with E-state index < -0.39 is 17.4 Å². The van der Waals surface area contributed by atoms with Gasteiger partial charge in [-0.15, -0.1) is 0 Å². The number of hydrogen-bond acceptors (Lipinski definition) is 3. The molecule has 2 rings (SSSR count). The maximum absolute atomic E-state index is 13.0. The van der Waals surface area contributed by atoms with Gasteiger partial charge in [-0.2, -0.15) is 0 Å². The van der Waals surface area contributed by atoms with Crippen LogP contribution in [-0.2, 0) is 4.79 Å². The Labute approximate surface area is 115 Å². The first-order valence-corrected chi connectivity index (χ1v) is 5.98. The van der Waals surface area contributed by atoms with Crippen LogP contribution in [0.1, 0.15) is 24.3 Å². The molecule has 3 N–H and O–H groups in total. The van der Waals surface area contributed by atoms with Gasteiger partial charge in [0.05, 0.1) is 5.52 Å². The van der Waals surface area contributed by atoms with Gasteiger partial charge in [0.25, 0.3) is 5.91 Å². The summed E-state index contributed by atoms with van der Waals surface area (Å²) in [4.78, 5) is 27.3. The van der Waals surface area contributed by atoms with Gasteiger partial charge in [-0.1, -0.05) is 6.07 Å². The molecule has 20 heavy (non-hydrogen) atoms. The number of benzene rings is 1. The van der Waals surface area contributed by atoms with Crippen LogP contribution in [0, 0.1) is 5.82 Å². The first-order valence-electron chi connectivity index (χ1n) is 5.98. The monoisotopic (exact) mass is 275 g/mol. The molecule has 1 heterocycles. The fourth-order valence-electron chi connectivity index (χ4n) is 1.63. The number of aromatic nitrogens is 1. The fourth-order valence-corrected chi connectivity index (χ4v) is 1.63. The van der Waals surface area contributed by atoms with Crippen LogP contribution in [0.2, 0.25) is 0 Å².